The molecule has 4 nitrogen and oxygen atoms in total. The zero-order valence-corrected chi connectivity index (χ0v) is 12.8. The van der Waals surface area contributed by atoms with E-state index in [1.54, 1.807) is 31.4 Å². The molecule has 21 heavy (non-hydrogen) atoms. The predicted molar refractivity (Wildman–Crippen MR) is 84.9 cm³/mol. The third-order valence-corrected chi connectivity index (χ3v) is 3.52. The minimum Gasteiger partial charge on any atom is -0.314 e. The molecule has 1 aliphatic rings. The number of nitriles is 1. The molecular formula is C17H23N3O. The van der Waals surface area contributed by atoms with Gasteiger partial charge < -0.3 is 10.6 Å². The molecule has 0 saturated carbocycles. The summed E-state index contributed by atoms with van der Waals surface area (Å²) < 4.78 is 0. The van der Waals surface area contributed by atoms with Gasteiger partial charge in [0.1, 0.15) is 0 Å². The molecule has 0 radical (unpaired) electrons. The van der Waals surface area contributed by atoms with E-state index in [2.05, 4.69) is 36.6 Å². The fourth-order valence-electron chi connectivity index (χ4n) is 2.12. The van der Waals surface area contributed by atoms with E-state index in [0.717, 1.165) is 12.1 Å². The molecule has 4 heteroatoms. The molecule has 0 aromatic rings. The third-order valence-electron chi connectivity index (χ3n) is 3.52. The minimum absolute atomic E-state index is 0.130. The molecule has 1 aliphatic carbocycles. The molecule has 0 aliphatic heterocycles. The van der Waals surface area contributed by atoms with Gasteiger partial charge in [0.2, 0.25) is 0 Å². The van der Waals surface area contributed by atoms with Crippen LogP contribution in [0.25, 0.3) is 0 Å². The van der Waals surface area contributed by atoms with Gasteiger partial charge in [-0.1, -0.05) is 38.2 Å². The highest BCUT2D eigenvalue weighted by molar-refractivity contribution is 5.77. The number of hydrogen-bond donors (Lipinski definition) is 2. The van der Waals surface area contributed by atoms with Gasteiger partial charge >= 0.3 is 6.03 Å². The van der Waals surface area contributed by atoms with E-state index < -0.39 is 0 Å². The van der Waals surface area contributed by atoms with E-state index >= 15 is 0 Å². The Kier molecular flexibility index (Phi) is 7.03. The van der Waals surface area contributed by atoms with Gasteiger partial charge in [0, 0.05) is 17.8 Å². The summed E-state index contributed by atoms with van der Waals surface area (Å²) in [5, 5.41) is 14.1. The fourth-order valence-corrected chi connectivity index (χ4v) is 2.12. The molecular weight excluding hydrogens is 262 g/mol. The number of hydrogen-bond acceptors (Lipinski definition) is 2. The maximum Gasteiger partial charge on any atom is 0.322 e. The Morgan fingerprint density at radius 2 is 2.29 bits per heavy atom. The van der Waals surface area contributed by atoms with Crippen LogP contribution in [0.15, 0.2) is 48.4 Å². The van der Waals surface area contributed by atoms with E-state index in [9.17, 15) is 4.79 Å². The number of carbonyl (C=O) groups is 1. The van der Waals surface area contributed by atoms with Crippen molar-refractivity contribution < 1.29 is 4.79 Å². The smallest absolute Gasteiger partial charge is 0.314 e. The van der Waals surface area contributed by atoms with Gasteiger partial charge in [-0.3, -0.25) is 0 Å². The van der Waals surface area contributed by atoms with Crippen LogP contribution >= 0.6 is 0 Å². The maximum atomic E-state index is 11.8. The lowest BCUT2D eigenvalue weighted by Crippen LogP contribution is -2.35. The number of urea groups is 1. The van der Waals surface area contributed by atoms with Crippen LogP contribution in [-0.2, 0) is 0 Å². The SMILES string of the molecule is CCC1C=CC=C(NC(=O)N/C=C\C=C/C(C)C#N)[C@H]1C. The van der Waals surface area contributed by atoms with Gasteiger partial charge in [0.15, 0.2) is 0 Å². The fraction of sp³-hybridized carbons (Fsp3) is 0.412. The first-order valence-electron chi connectivity index (χ1n) is 7.27. The van der Waals surface area contributed by atoms with Crippen molar-refractivity contribution in [1.29, 1.82) is 5.26 Å². The largest absolute Gasteiger partial charge is 0.322 e. The zero-order chi connectivity index (χ0) is 15.7. The topological polar surface area (TPSA) is 64.9 Å². The van der Waals surface area contributed by atoms with Crippen molar-refractivity contribution in [2.24, 2.45) is 17.8 Å². The molecule has 0 aromatic carbocycles. The van der Waals surface area contributed by atoms with E-state index in [4.69, 9.17) is 5.26 Å². The number of carbonyl (C=O) groups excluding carboxylic acids is 1. The molecule has 2 N–H and O–H groups in total. The number of amides is 2. The lowest BCUT2D eigenvalue weighted by Gasteiger charge is -2.25. The van der Waals surface area contributed by atoms with Crippen LogP contribution in [0.1, 0.15) is 27.2 Å². The summed E-state index contributed by atoms with van der Waals surface area (Å²) in [4.78, 5) is 11.8. The summed E-state index contributed by atoms with van der Waals surface area (Å²) in [6, 6.07) is 1.85. The summed E-state index contributed by atoms with van der Waals surface area (Å²) in [7, 11) is 0. The summed E-state index contributed by atoms with van der Waals surface area (Å²) in [6.45, 7) is 6.07. The molecule has 0 fully saturated rings. The highest BCUT2D eigenvalue weighted by Gasteiger charge is 2.20. The van der Waals surface area contributed by atoms with Crippen LogP contribution in [0.5, 0.6) is 0 Å². The van der Waals surface area contributed by atoms with Crippen molar-refractivity contribution in [3.63, 3.8) is 0 Å². The summed E-state index contributed by atoms with van der Waals surface area (Å²) in [5.41, 5.74) is 0.934. The van der Waals surface area contributed by atoms with Crippen molar-refractivity contribution in [3.05, 3.63) is 48.4 Å². The van der Waals surface area contributed by atoms with Gasteiger partial charge in [0.05, 0.1) is 12.0 Å². The lowest BCUT2D eigenvalue weighted by atomic mass is 9.85. The van der Waals surface area contributed by atoms with Gasteiger partial charge in [-0.25, -0.2) is 4.79 Å². The van der Waals surface area contributed by atoms with Crippen molar-refractivity contribution in [2.75, 3.05) is 0 Å². The van der Waals surface area contributed by atoms with Gasteiger partial charge in [-0.05, 0) is 31.4 Å². The Balaban J connectivity index is 2.43. The van der Waals surface area contributed by atoms with Crippen molar-refractivity contribution >= 4 is 6.03 Å². The first-order chi connectivity index (χ1) is 10.1. The van der Waals surface area contributed by atoms with Crippen LogP contribution in [0.4, 0.5) is 4.79 Å². The molecule has 0 heterocycles. The Hall–Kier alpha value is -2.28. The number of allylic oxidation sites excluding steroid dienone is 7. The van der Waals surface area contributed by atoms with Crippen molar-refractivity contribution in [3.8, 4) is 6.07 Å². The maximum absolute atomic E-state index is 11.8. The first kappa shape index (κ1) is 16.8. The van der Waals surface area contributed by atoms with E-state index in [-0.39, 0.29) is 11.9 Å². The van der Waals surface area contributed by atoms with E-state index in [0.29, 0.717) is 11.8 Å². The Morgan fingerprint density at radius 3 is 2.95 bits per heavy atom. The highest BCUT2D eigenvalue weighted by Crippen LogP contribution is 2.26. The predicted octanol–water partition coefficient (Wildman–Crippen LogP) is 3.63. The van der Waals surface area contributed by atoms with E-state index in [1.165, 1.54) is 0 Å². The lowest BCUT2D eigenvalue weighted by molar-refractivity contribution is 0.244. The van der Waals surface area contributed by atoms with Crippen LogP contribution in [-0.4, -0.2) is 6.03 Å². The molecule has 0 bridgehead atoms. The third kappa shape index (κ3) is 5.70. The average Bonchev–Trinajstić information content (AvgIpc) is 2.48. The molecule has 0 saturated heterocycles. The summed E-state index contributed by atoms with van der Waals surface area (Å²) >= 11 is 0. The molecule has 0 aromatic heterocycles. The van der Waals surface area contributed by atoms with Crippen LogP contribution in [0, 0.1) is 29.1 Å². The quantitative estimate of drug-likeness (QED) is 0.757. The van der Waals surface area contributed by atoms with Gasteiger partial charge in [-0.2, -0.15) is 5.26 Å². The molecule has 2 unspecified atom stereocenters. The number of rotatable bonds is 5. The van der Waals surface area contributed by atoms with Crippen molar-refractivity contribution in [2.45, 2.75) is 27.2 Å². The molecule has 1 rings (SSSR count). The first-order valence-corrected chi connectivity index (χ1v) is 7.27. The average molecular weight is 285 g/mol. The van der Waals surface area contributed by atoms with Gasteiger partial charge in [-0.15, -0.1) is 0 Å². The van der Waals surface area contributed by atoms with Gasteiger partial charge in [0.25, 0.3) is 0 Å². The second-order valence-corrected chi connectivity index (χ2v) is 5.13. The Bertz CT molecular complexity index is 509. The zero-order valence-electron chi connectivity index (χ0n) is 12.8. The van der Waals surface area contributed by atoms with Crippen LogP contribution < -0.4 is 10.6 Å². The molecule has 112 valence electrons. The number of nitrogens with zero attached hydrogens (tertiary/aromatic N) is 1. The summed E-state index contributed by atoms with van der Waals surface area (Å²) in [6.07, 6.45) is 13.9. The summed E-state index contributed by atoms with van der Waals surface area (Å²) in [5.74, 6) is 0.650. The molecule has 3 atom stereocenters. The van der Waals surface area contributed by atoms with Crippen LogP contribution in [0.3, 0.4) is 0 Å². The van der Waals surface area contributed by atoms with Crippen LogP contribution in [0.2, 0.25) is 0 Å². The Morgan fingerprint density at radius 1 is 1.52 bits per heavy atom. The molecule has 0 spiro atoms. The number of nitrogens with one attached hydrogen (secondary N) is 2. The normalized spacial score (nSPS) is 22.9. The second-order valence-electron chi connectivity index (χ2n) is 5.13. The second kappa shape index (κ2) is 8.80. The Labute approximate surface area is 126 Å². The van der Waals surface area contributed by atoms with Crippen molar-refractivity contribution in [1.82, 2.24) is 10.6 Å². The highest BCUT2D eigenvalue weighted by atomic mass is 16.2. The monoisotopic (exact) mass is 285 g/mol. The molecule has 2 amide bonds. The minimum atomic E-state index is -0.253. The van der Waals surface area contributed by atoms with E-state index in [1.807, 2.05) is 12.2 Å². The standard InChI is InChI=1S/C17H23N3O/c1-4-15-9-7-10-16(14(15)3)20-17(21)19-11-6-5-8-13(2)12-18/h5-11,13-15H,4H2,1-3H3,(H2,19,20,21)/b8-5-,11-6-/t13?,14-,15?/m0/s1.